The Bertz CT molecular complexity index is 881. The summed E-state index contributed by atoms with van der Waals surface area (Å²) < 4.78 is 1.61. The van der Waals surface area contributed by atoms with Gasteiger partial charge in [0, 0.05) is 37.1 Å². The molecule has 0 saturated carbocycles. The van der Waals surface area contributed by atoms with Crippen molar-refractivity contribution in [2.45, 2.75) is 25.9 Å². The van der Waals surface area contributed by atoms with Gasteiger partial charge in [-0.05, 0) is 36.2 Å². The molecule has 2 aromatic heterocycles. The van der Waals surface area contributed by atoms with E-state index in [1.54, 1.807) is 23.0 Å². The fourth-order valence-corrected chi connectivity index (χ4v) is 2.92. The molecule has 0 aliphatic heterocycles. The second-order valence-electron chi connectivity index (χ2n) is 6.10. The molecule has 5 nitrogen and oxygen atoms in total. The van der Waals surface area contributed by atoms with Gasteiger partial charge in [0.1, 0.15) is 0 Å². The van der Waals surface area contributed by atoms with E-state index >= 15 is 0 Å². The summed E-state index contributed by atoms with van der Waals surface area (Å²) in [7, 11) is 0. The second-order valence-corrected chi connectivity index (χ2v) is 6.10. The molecule has 5 heteroatoms. The molecule has 0 fully saturated rings. The highest BCUT2D eigenvalue weighted by Gasteiger charge is 2.16. The lowest BCUT2D eigenvalue weighted by molar-refractivity contribution is -0.121. The molecule has 26 heavy (non-hydrogen) atoms. The van der Waals surface area contributed by atoms with Gasteiger partial charge in [-0.25, -0.2) is 0 Å². The van der Waals surface area contributed by atoms with E-state index in [1.807, 2.05) is 55.5 Å². The Morgan fingerprint density at radius 3 is 2.38 bits per heavy atom. The van der Waals surface area contributed by atoms with E-state index in [1.165, 1.54) is 6.07 Å². The molecule has 2 heterocycles. The molecule has 0 radical (unpaired) electrons. The predicted molar refractivity (Wildman–Crippen MR) is 101 cm³/mol. The van der Waals surface area contributed by atoms with Crippen LogP contribution in [-0.4, -0.2) is 15.5 Å². The quantitative estimate of drug-likeness (QED) is 0.746. The molecule has 0 aliphatic rings. The van der Waals surface area contributed by atoms with E-state index in [9.17, 15) is 9.59 Å². The van der Waals surface area contributed by atoms with Crippen molar-refractivity contribution in [1.29, 1.82) is 0 Å². The minimum Gasteiger partial charge on any atom is -0.345 e. The molecule has 3 rings (SSSR count). The number of pyridine rings is 2. The lowest BCUT2D eigenvalue weighted by atomic mass is 9.99. The molecular formula is C21H21N3O2. The monoisotopic (exact) mass is 347 g/mol. The third-order valence-corrected chi connectivity index (χ3v) is 4.31. The first-order chi connectivity index (χ1) is 12.6. The number of nitrogens with zero attached hydrogens (tertiary/aromatic N) is 2. The van der Waals surface area contributed by atoms with Crippen molar-refractivity contribution in [3.63, 3.8) is 0 Å². The zero-order valence-corrected chi connectivity index (χ0v) is 14.6. The van der Waals surface area contributed by atoms with Gasteiger partial charge in [-0.3, -0.25) is 14.6 Å². The van der Waals surface area contributed by atoms with Crippen LogP contribution in [0.3, 0.4) is 0 Å². The number of rotatable bonds is 6. The van der Waals surface area contributed by atoms with E-state index in [0.29, 0.717) is 6.54 Å². The normalized spacial score (nSPS) is 11.7. The minimum atomic E-state index is -0.250. The summed E-state index contributed by atoms with van der Waals surface area (Å²) in [4.78, 5) is 28.5. The number of nitrogens with one attached hydrogen (secondary N) is 1. The first-order valence-electron chi connectivity index (χ1n) is 8.56. The maximum absolute atomic E-state index is 12.6. The Morgan fingerprint density at radius 1 is 1.00 bits per heavy atom. The van der Waals surface area contributed by atoms with Crippen LogP contribution in [0.2, 0.25) is 0 Å². The first-order valence-corrected chi connectivity index (χ1v) is 8.56. The number of amides is 1. The first kappa shape index (κ1) is 17.6. The molecule has 1 aromatic carbocycles. The summed E-state index contributed by atoms with van der Waals surface area (Å²) in [6.45, 7) is 2.22. The summed E-state index contributed by atoms with van der Waals surface area (Å²) in [6.07, 6.45) is 3.66. The second kappa shape index (κ2) is 8.25. The smallest absolute Gasteiger partial charge is 0.250 e. The van der Waals surface area contributed by atoms with Crippen molar-refractivity contribution < 1.29 is 4.79 Å². The third-order valence-electron chi connectivity index (χ3n) is 4.31. The lowest BCUT2D eigenvalue weighted by Crippen LogP contribution is -2.31. The maximum atomic E-state index is 12.6. The van der Waals surface area contributed by atoms with Crippen molar-refractivity contribution in [2.75, 3.05) is 0 Å². The fraction of sp³-hybridized carbons (Fsp3) is 0.190. The van der Waals surface area contributed by atoms with E-state index in [2.05, 4.69) is 10.3 Å². The average Bonchev–Trinajstić information content (AvgIpc) is 2.67. The van der Waals surface area contributed by atoms with Crippen LogP contribution in [0.1, 0.15) is 29.3 Å². The zero-order valence-electron chi connectivity index (χ0n) is 14.6. The summed E-state index contributed by atoms with van der Waals surface area (Å²) >= 11 is 0. The largest absolute Gasteiger partial charge is 0.345 e. The van der Waals surface area contributed by atoms with Gasteiger partial charge >= 0.3 is 0 Å². The molecule has 1 N–H and O–H groups in total. The Morgan fingerprint density at radius 2 is 1.69 bits per heavy atom. The summed E-state index contributed by atoms with van der Waals surface area (Å²) in [5.41, 5.74) is 2.72. The maximum Gasteiger partial charge on any atom is 0.250 e. The van der Waals surface area contributed by atoms with Crippen LogP contribution >= 0.6 is 0 Å². The number of carbonyl (C=O) groups is 1. The van der Waals surface area contributed by atoms with Crippen LogP contribution in [0.15, 0.2) is 77.9 Å². The van der Waals surface area contributed by atoms with E-state index in [-0.39, 0.29) is 23.9 Å². The fourth-order valence-electron chi connectivity index (χ4n) is 2.92. The number of benzene rings is 1. The van der Waals surface area contributed by atoms with E-state index < -0.39 is 0 Å². The SMILES string of the molecule is Cc1cccc(=O)n1CCC(=O)NC(c1ccccc1)c1ccncc1. The molecule has 0 saturated heterocycles. The number of aromatic nitrogens is 2. The molecule has 0 aliphatic carbocycles. The number of hydrogen-bond donors (Lipinski definition) is 1. The van der Waals surface area contributed by atoms with Crippen molar-refractivity contribution in [3.8, 4) is 0 Å². The molecule has 1 unspecified atom stereocenters. The van der Waals surface area contributed by atoms with E-state index in [4.69, 9.17) is 0 Å². The Kier molecular flexibility index (Phi) is 5.59. The van der Waals surface area contributed by atoms with E-state index in [0.717, 1.165) is 16.8 Å². The Labute approximate surface area is 152 Å². The molecule has 0 bridgehead atoms. The van der Waals surface area contributed by atoms with Crippen LogP contribution in [0.4, 0.5) is 0 Å². The van der Waals surface area contributed by atoms with Crippen LogP contribution in [0, 0.1) is 6.92 Å². The zero-order chi connectivity index (χ0) is 18.4. The minimum absolute atomic E-state index is 0.0912. The van der Waals surface area contributed by atoms with Gasteiger partial charge in [-0.2, -0.15) is 0 Å². The highest BCUT2D eigenvalue weighted by molar-refractivity contribution is 5.77. The lowest BCUT2D eigenvalue weighted by Gasteiger charge is -2.20. The molecule has 3 aromatic rings. The number of aryl methyl sites for hydroxylation is 1. The van der Waals surface area contributed by atoms with Gasteiger partial charge < -0.3 is 9.88 Å². The topological polar surface area (TPSA) is 64.0 Å². The molecule has 1 atom stereocenters. The van der Waals surface area contributed by atoms with Gasteiger partial charge in [0.05, 0.1) is 6.04 Å². The summed E-state index contributed by atoms with van der Waals surface area (Å²) in [6, 6.07) is 18.4. The summed E-state index contributed by atoms with van der Waals surface area (Å²) in [5, 5.41) is 3.08. The van der Waals surface area contributed by atoms with Crippen molar-refractivity contribution in [1.82, 2.24) is 14.9 Å². The number of carbonyl (C=O) groups excluding carboxylic acids is 1. The van der Waals surface area contributed by atoms with Gasteiger partial charge in [0.2, 0.25) is 5.91 Å². The summed E-state index contributed by atoms with van der Waals surface area (Å²) in [5.74, 6) is -0.106. The van der Waals surface area contributed by atoms with Crippen LogP contribution < -0.4 is 10.9 Å². The van der Waals surface area contributed by atoms with Gasteiger partial charge in [0.25, 0.3) is 5.56 Å². The molecule has 1 amide bonds. The standard InChI is InChI=1S/C21H21N3O2/c1-16-6-5-9-20(26)24(16)15-12-19(25)23-21(17-7-3-2-4-8-17)18-10-13-22-14-11-18/h2-11,13-14,21H,12,15H2,1H3,(H,23,25). The van der Waals surface area contributed by atoms with Gasteiger partial charge in [0.15, 0.2) is 0 Å². The highest BCUT2D eigenvalue weighted by Crippen LogP contribution is 2.21. The van der Waals surface area contributed by atoms with Crippen molar-refractivity contribution >= 4 is 5.91 Å². The predicted octanol–water partition coefficient (Wildman–Crippen LogP) is 2.85. The third kappa shape index (κ3) is 4.25. The van der Waals surface area contributed by atoms with Crippen LogP contribution in [0.25, 0.3) is 0 Å². The van der Waals surface area contributed by atoms with Crippen molar-refractivity contribution in [3.05, 3.63) is 100 Å². The van der Waals surface area contributed by atoms with Crippen molar-refractivity contribution in [2.24, 2.45) is 0 Å². The Hall–Kier alpha value is -3.21. The highest BCUT2D eigenvalue weighted by atomic mass is 16.2. The average molecular weight is 347 g/mol. The van der Waals surface area contributed by atoms with Gasteiger partial charge in [-0.15, -0.1) is 0 Å². The molecule has 0 spiro atoms. The van der Waals surface area contributed by atoms with Gasteiger partial charge in [-0.1, -0.05) is 36.4 Å². The molecular weight excluding hydrogens is 326 g/mol. The van der Waals surface area contributed by atoms with Crippen LogP contribution in [0.5, 0.6) is 0 Å². The van der Waals surface area contributed by atoms with Crippen LogP contribution in [-0.2, 0) is 11.3 Å². The molecule has 132 valence electrons. The Balaban J connectivity index is 1.75. The number of hydrogen-bond acceptors (Lipinski definition) is 3.